The molecule has 0 fully saturated rings. The predicted octanol–water partition coefficient (Wildman–Crippen LogP) is 0.272. The molecule has 2 heterocycles. The van der Waals surface area contributed by atoms with Crippen LogP contribution in [0.1, 0.15) is 21.0 Å². The third kappa shape index (κ3) is 5.39. The van der Waals surface area contributed by atoms with Crippen LogP contribution in [0, 0.1) is 0 Å². The van der Waals surface area contributed by atoms with E-state index in [2.05, 4.69) is 9.97 Å². The average molecular weight is 429 g/mol. The normalized spacial score (nSPS) is 9.43. The summed E-state index contributed by atoms with van der Waals surface area (Å²) in [6, 6.07) is 21.0. The van der Waals surface area contributed by atoms with E-state index < -0.39 is 11.9 Å². The summed E-state index contributed by atoms with van der Waals surface area (Å²) in [5.74, 6) is -2.49. The second-order valence-electron chi connectivity index (χ2n) is 5.35. The summed E-state index contributed by atoms with van der Waals surface area (Å²) in [5.41, 5.74) is 1.28. The number of hydrogen-bond acceptors (Lipinski definition) is 6. The van der Waals surface area contributed by atoms with E-state index in [1.54, 1.807) is 24.3 Å². The minimum Gasteiger partial charge on any atom is -0.543 e. The number of carboxylic acids is 2. The number of carbonyl (C=O) groups excluding carboxylic acids is 2. The standard InChI is InChI=1S/2C10H7NO2.H2O.Zn/c2*12-10(13)9-6-5-7-3-1-2-4-8(7)11-9;;/h2*1-6H,(H,12,13);1H2;/q;;;+2/p-1. The minimum absolute atomic E-state index is 0. The van der Waals surface area contributed by atoms with Gasteiger partial charge in [-0.3, -0.25) is 0 Å². The van der Waals surface area contributed by atoms with Gasteiger partial charge in [0.1, 0.15) is 0 Å². The molecule has 136 valence electrons. The molecule has 28 heavy (non-hydrogen) atoms. The zero-order valence-corrected chi connectivity index (χ0v) is 17.7. The fraction of sp³-hybridized carbons (Fsp3) is 0. The van der Waals surface area contributed by atoms with Crippen LogP contribution < -0.4 is 10.2 Å². The third-order valence-electron chi connectivity index (χ3n) is 3.62. The quantitative estimate of drug-likeness (QED) is 0.332. The van der Waals surface area contributed by atoms with Gasteiger partial charge < -0.3 is 25.3 Å². The number of carbonyl (C=O) groups is 2. The number of aromatic carboxylic acids is 2. The summed E-state index contributed by atoms with van der Waals surface area (Å²) in [6.07, 6.45) is 0. The summed E-state index contributed by atoms with van der Waals surface area (Å²) < 4.78 is 0. The van der Waals surface area contributed by atoms with Crippen LogP contribution >= 0.6 is 0 Å². The first-order valence-electron chi connectivity index (χ1n) is 7.69. The van der Waals surface area contributed by atoms with Crippen molar-refractivity contribution in [3.05, 3.63) is 84.2 Å². The molecule has 0 saturated heterocycles. The van der Waals surface area contributed by atoms with Gasteiger partial charge in [-0.15, -0.1) is 0 Å². The van der Waals surface area contributed by atoms with E-state index >= 15 is 0 Å². The van der Waals surface area contributed by atoms with Gasteiger partial charge in [0.15, 0.2) is 0 Å². The molecule has 7 nitrogen and oxygen atoms in total. The molecule has 2 aromatic carbocycles. The molecule has 0 unspecified atom stereocenters. The maximum Gasteiger partial charge on any atom is 2.00 e. The van der Waals surface area contributed by atoms with Gasteiger partial charge in [-0.25, -0.2) is 9.97 Å². The van der Waals surface area contributed by atoms with Crippen LogP contribution in [0.15, 0.2) is 72.8 Å². The Hall–Kier alpha value is -3.22. The van der Waals surface area contributed by atoms with Gasteiger partial charge in [0.25, 0.3) is 0 Å². The van der Waals surface area contributed by atoms with Crippen molar-refractivity contribution in [3.63, 3.8) is 0 Å². The Labute approximate surface area is 172 Å². The molecule has 4 rings (SSSR count). The number of fused-ring (bicyclic) bond motifs is 2. The van der Waals surface area contributed by atoms with Crippen molar-refractivity contribution in [2.24, 2.45) is 0 Å². The molecule has 0 bridgehead atoms. The molecule has 0 radical (unpaired) electrons. The summed E-state index contributed by atoms with van der Waals surface area (Å²) in [5, 5.41) is 22.8. The molecular formula is C20H15N2O5Zn+. The molecule has 0 saturated carbocycles. The maximum atomic E-state index is 10.5. The summed E-state index contributed by atoms with van der Waals surface area (Å²) >= 11 is 0. The van der Waals surface area contributed by atoms with Gasteiger partial charge in [0.2, 0.25) is 0 Å². The van der Waals surface area contributed by atoms with Crippen molar-refractivity contribution < 1.29 is 44.8 Å². The molecule has 2 aromatic heterocycles. The van der Waals surface area contributed by atoms with Gasteiger partial charge >= 0.3 is 19.5 Å². The number of pyridine rings is 2. The number of rotatable bonds is 2. The summed E-state index contributed by atoms with van der Waals surface area (Å²) in [7, 11) is 0. The Morgan fingerprint density at radius 3 is 1.32 bits per heavy atom. The molecule has 0 amide bonds. The Kier molecular flexibility index (Phi) is 8.32. The van der Waals surface area contributed by atoms with Crippen molar-refractivity contribution in [1.29, 1.82) is 0 Å². The van der Waals surface area contributed by atoms with E-state index in [4.69, 9.17) is 0 Å². The second-order valence-corrected chi connectivity index (χ2v) is 5.35. The van der Waals surface area contributed by atoms with E-state index in [1.807, 2.05) is 36.4 Å². The number of hydrogen-bond donors (Lipinski definition) is 0. The van der Waals surface area contributed by atoms with Gasteiger partial charge in [-0.1, -0.05) is 48.5 Å². The summed E-state index contributed by atoms with van der Waals surface area (Å²) in [4.78, 5) is 28.8. The van der Waals surface area contributed by atoms with E-state index in [1.165, 1.54) is 12.1 Å². The summed E-state index contributed by atoms with van der Waals surface area (Å²) in [6.45, 7) is 0. The fourth-order valence-corrected chi connectivity index (χ4v) is 2.36. The molecule has 8 heteroatoms. The van der Waals surface area contributed by atoms with Crippen LogP contribution in [0.3, 0.4) is 0 Å². The molecule has 0 spiro atoms. The molecule has 0 atom stereocenters. The smallest absolute Gasteiger partial charge is 0.543 e. The van der Waals surface area contributed by atoms with Crippen molar-refractivity contribution in [3.8, 4) is 0 Å². The molecule has 0 aliphatic heterocycles. The number of carboxylic acid groups (broad SMARTS) is 2. The minimum atomic E-state index is -1.24. The predicted molar refractivity (Wildman–Crippen MR) is 97.0 cm³/mol. The Morgan fingerprint density at radius 2 is 0.964 bits per heavy atom. The average Bonchev–Trinajstić information content (AvgIpc) is 2.67. The Bertz CT molecular complexity index is 1030. The fourth-order valence-electron chi connectivity index (χ4n) is 2.36. The van der Waals surface area contributed by atoms with Crippen molar-refractivity contribution in [1.82, 2.24) is 9.97 Å². The molecule has 0 aliphatic carbocycles. The topological polar surface area (TPSA) is 139 Å². The van der Waals surface area contributed by atoms with Gasteiger partial charge in [0.05, 0.1) is 34.4 Å². The largest absolute Gasteiger partial charge is 2.00 e. The number of aromatic nitrogens is 2. The van der Waals surface area contributed by atoms with E-state index in [-0.39, 0.29) is 36.3 Å². The van der Waals surface area contributed by atoms with E-state index in [9.17, 15) is 19.8 Å². The second kappa shape index (κ2) is 10.2. The van der Waals surface area contributed by atoms with Crippen molar-refractivity contribution >= 4 is 33.7 Å². The maximum absolute atomic E-state index is 10.5. The van der Waals surface area contributed by atoms with Crippen molar-refractivity contribution in [2.45, 2.75) is 0 Å². The van der Waals surface area contributed by atoms with Crippen LogP contribution in [0.2, 0.25) is 0 Å². The van der Waals surface area contributed by atoms with Crippen LogP contribution in [-0.4, -0.2) is 21.9 Å². The number of para-hydroxylation sites is 2. The molecule has 4 aromatic rings. The first kappa shape index (κ1) is 22.8. The Balaban J connectivity index is 0.000000261. The monoisotopic (exact) mass is 427 g/mol. The number of nitrogens with zero attached hydrogens (tertiary/aromatic N) is 2. The first-order chi connectivity index (χ1) is 12.5. The molecule has 3 N–H and O–H groups in total. The van der Waals surface area contributed by atoms with Gasteiger partial charge in [-0.2, -0.15) is 0 Å². The Morgan fingerprint density at radius 1 is 0.607 bits per heavy atom. The van der Waals surface area contributed by atoms with Crippen LogP contribution in [-0.2, 0) is 25.0 Å². The van der Waals surface area contributed by atoms with Crippen molar-refractivity contribution in [2.75, 3.05) is 0 Å². The first-order valence-corrected chi connectivity index (χ1v) is 7.69. The van der Waals surface area contributed by atoms with Crippen LogP contribution in [0.5, 0.6) is 0 Å². The zero-order valence-electron chi connectivity index (χ0n) is 14.7. The van der Waals surface area contributed by atoms with E-state index in [0.717, 1.165) is 10.8 Å². The van der Waals surface area contributed by atoms with Gasteiger partial charge in [0, 0.05) is 10.8 Å². The third-order valence-corrected chi connectivity index (χ3v) is 3.62. The van der Waals surface area contributed by atoms with E-state index in [0.29, 0.717) is 11.0 Å². The molecule has 0 aliphatic rings. The van der Waals surface area contributed by atoms with Gasteiger partial charge in [-0.05, 0) is 24.3 Å². The zero-order chi connectivity index (χ0) is 18.5. The van der Waals surface area contributed by atoms with Crippen LogP contribution in [0.25, 0.3) is 21.8 Å². The number of benzene rings is 2. The molecular weight excluding hydrogens is 414 g/mol. The SMILES string of the molecule is O=C([O-])c1ccc2ccccc2n1.O=C([O-])c1ccc2ccccc2n1.[OH3+].[Zn+2]. The van der Waals surface area contributed by atoms with Crippen LogP contribution in [0.4, 0.5) is 0 Å².